The number of aliphatic carboxylic acids is 1. The largest absolute Gasteiger partial charge is 0.481 e. The number of aromatic amines is 1. The van der Waals surface area contributed by atoms with Gasteiger partial charge in [-0.1, -0.05) is 0 Å². The number of H-pyrrole nitrogens is 1. The van der Waals surface area contributed by atoms with Crippen molar-refractivity contribution in [2.75, 3.05) is 0 Å². The molecule has 0 saturated heterocycles. The number of carboxylic acid groups (broad SMARTS) is 1. The zero-order valence-corrected chi connectivity index (χ0v) is 7.01. The van der Waals surface area contributed by atoms with Gasteiger partial charge in [-0.25, -0.2) is 0 Å². The molecule has 0 amide bonds. The van der Waals surface area contributed by atoms with Crippen LogP contribution in [0.15, 0.2) is 18.5 Å². The quantitative estimate of drug-likeness (QED) is 0.639. The number of hydrogen-bond acceptors (Lipinski definition) is 2. The Kier molecular flexibility index (Phi) is 9.99. The molecule has 5 heteroatoms. The first kappa shape index (κ1) is 12.0. The van der Waals surface area contributed by atoms with Gasteiger partial charge >= 0.3 is 0 Å². The van der Waals surface area contributed by atoms with Crippen LogP contribution in [0.4, 0.5) is 0 Å². The van der Waals surface area contributed by atoms with E-state index < -0.39 is 5.97 Å². The summed E-state index contributed by atoms with van der Waals surface area (Å²) in [5.74, 6) is -0.833. The zero-order chi connectivity index (χ0) is 7.11. The van der Waals surface area contributed by atoms with Crippen molar-refractivity contribution in [2.45, 2.75) is 6.92 Å². The van der Waals surface area contributed by atoms with Crippen LogP contribution in [0, 0.1) is 0 Å². The van der Waals surface area contributed by atoms with E-state index in [2.05, 4.69) is 10.2 Å². The van der Waals surface area contributed by atoms with E-state index in [1.807, 2.05) is 6.07 Å². The summed E-state index contributed by atoms with van der Waals surface area (Å²) < 4.78 is 0. The van der Waals surface area contributed by atoms with Crippen molar-refractivity contribution in [3.05, 3.63) is 18.5 Å². The summed E-state index contributed by atoms with van der Waals surface area (Å²) in [5.41, 5.74) is 0. The average Bonchev–Trinajstić information content (AvgIpc) is 2.11. The fraction of sp³-hybridized carbons (Fsp3) is 0.200. The van der Waals surface area contributed by atoms with Crippen LogP contribution in [0.25, 0.3) is 0 Å². The van der Waals surface area contributed by atoms with Gasteiger partial charge < -0.3 is 5.11 Å². The molecule has 1 rings (SSSR count). The maximum Gasteiger partial charge on any atom is 0.300 e. The number of carboxylic acids is 1. The monoisotopic (exact) mass is 231 g/mol. The van der Waals surface area contributed by atoms with Gasteiger partial charge in [0.15, 0.2) is 0 Å². The van der Waals surface area contributed by atoms with E-state index in [9.17, 15) is 0 Å². The van der Waals surface area contributed by atoms with Crippen molar-refractivity contribution in [2.24, 2.45) is 0 Å². The van der Waals surface area contributed by atoms with Crippen LogP contribution < -0.4 is 0 Å². The summed E-state index contributed by atoms with van der Waals surface area (Å²) >= 11 is 0. The van der Waals surface area contributed by atoms with E-state index in [0.717, 1.165) is 6.92 Å². The summed E-state index contributed by atoms with van der Waals surface area (Å²) in [6, 6.07) is 1.83. The van der Waals surface area contributed by atoms with Crippen molar-refractivity contribution in [3.63, 3.8) is 0 Å². The first-order chi connectivity index (χ1) is 4.23. The van der Waals surface area contributed by atoms with Crippen LogP contribution in [-0.4, -0.2) is 21.3 Å². The Labute approximate surface area is 71.4 Å². The number of nitrogens with one attached hydrogen (secondary N) is 1. The minimum atomic E-state index is -0.833. The molecule has 0 aromatic carbocycles. The van der Waals surface area contributed by atoms with Crippen LogP contribution in [0.1, 0.15) is 6.92 Å². The van der Waals surface area contributed by atoms with E-state index >= 15 is 0 Å². The van der Waals surface area contributed by atoms with Crippen molar-refractivity contribution in [3.8, 4) is 0 Å². The van der Waals surface area contributed by atoms with E-state index in [-0.39, 0.29) is 19.5 Å². The van der Waals surface area contributed by atoms with E-state index in [1.54, 1.807) is 12.4 Å². The molecule has 0 aliphatic heterocycles. The molecule has 1 heterocycles. The second-order valence-corrected chi connectivity index (χ2v) is 1.29. The predicted octanol–water partition coefficient (Wildman–Crippen LogP) is 0.498. The van der Waals surface area contributed by atoms with Gasteiger partial charge in [0.2, 0.25) is 0 Å². The summed E-state index contributed by atoms with van der Waals surface area (Å²) in [6.45, 7) is 1.08. The molecular formula is C5H8N2O2Rh. The van der Waals surface area contributed by atoms with Crippen LogP contribution >= 0.6 is 0 Å². The topological polar surface area (TPSA) is 66.0 Å². The van der Waals surface area contributed by atoms with Gasteiger partial charge in [0, 0.05) is 38.8 Å². The van der Waals surface area contributed by atoms with Crippen LogP contribution in [-0.2, 0) is 24.3 Å². The van der Waals surface area contributed by atoms with Crippen molar-refractivity contribution >= 4 is 5.97 Å². The SMILES string of the molecule is CC(=O)O.[Rh].c1cn[nH]c1. The normalized spacial score (nSPS) is 6.50. The van der Waals surface area contributed by atoms with Crippen LogP contribution in [0.5, 0.6) is 0 Å². The Balaban J connectivity index is 0. The molecule has 0 saturated carbocycles. The third kappa shape index (κ3) is 15.7. The van der Waals surface area contributed by atoms with Gasteiger partial charge in [-0.2, -0.15) is 5.10 Å². The van der Waals surface area contributed by atoms with Gasteiger partial charge in [-0.15, -0.1) is 0 Å². The minimum Gasteiger partial charge on any atom is -0.481 e. The van der Waals surface area contributed by atoms with Gasteiger partial charge in [-0.3, -0.25) is 9.89 Å². The maximum absolute atomic E-state index is 9.00. The Bertz CT molecular complexity index is 131. The van der Waals surface area contributed by atoms with Crippen molar-refractivity contribution in [1.29, 1.82) is 0 Å². The first-order valence-corrected chi connectivity index (χ1v) is 2.36. The molecule has 1 radical (unpaired) electrons. The Hall–Kier alpha value is -0.697. The number of nitrogens with zero attached hydrogens (tertiary/aromatic N) is 1. The summed E-state index contributed by atoms with van der Waals surface area (Å²) in [7, 11) is 0. The molecule has 4 nitrogen and oxygen atoms in total. The van der Waals surface area contributed by atoms with E-state index in [1.165, 1.54) is 0 Å². The summed E-state index contributed by atoms with van der Waals surface area (Å²) in [6.07, 6.45) is 3.46. The van der Waals surface area contributed by atoms with Crippen LogP contribution in [0.3, 0.4) is 0 Å². The average molecular weight is 231 g/mol. The standard InChI is InChI=1S/C3H4N2.C2H4O2.Rh/c1-2-4-5-3-1;1-2(3)4;/h1-3H,(H,4,5);1H3,(H,3,4);. The molecule has 0 fully saturated rings. The molecule has 10 heavy (non-hydrogen) atoms. The third-order valence-corrected chi connectivity index (χ3v) is 0.406. The molecule has 1 aromatic rings. The number of hydrogen-bond donors (Lipinski definition) is 2. The van der Waals surface area contributed by atoms with Gasteiger partial charge in [0.05, 0.1) is 0 Å². The molecule has 1 aromatic heterocycles. The van der Waals surface area contributed by atoms with E-state index in [0.29, 0.717) is 0 Å². The maximum atomic E-state index is 9.00. The Morgan fingerprint density at radius 3 is 2.30 bits per heavy atom. The summed E-state index contributed by atoms with van der Waals surface area (Å²) in [5, 5.41) is 13.6. The molecule has 0 atom stereocenters. The molecule has 0 spiro atoms. The molecule has 0 bridgehead atoms. The second kappa shape index (κ2) is 8.30. The van der Waals surface area contributed by atoms with Gasteiger partial charge in [0.25, 0.3) is 5.97 Å². The third-order valence-electron chi connectivity index (χ3n) is 0.406. The molecule has 0 unspecified atom stereocenters. The molecule has 0 aliphatic rings. The molecule has 59 valence electrons. The minimum absolute atomic E-state index is 0. The van der Waals surface area contributed by atoms with Gasteiger partial charge in [-0.05, 0) is 6.07 Å². The van der Waals surface area contributed by atoms with Gasteiger partial charge in [0.1, 0.15) is 0 Å². The second-order valence-electron chi connectivity index (χ2n) is 1.29. The van der Waals surface area contributed by atoms with Crippen molar-refractivity contribution in [1.82, 2.24) is 10.2 Å². The van der Waals surface area contributed by atoms with Crippen LogP contribution in [0.2, 0.25) is 0 Å². The number of rotatable bonds is 0. The smallest absolute Gasteiger partial charge is 0.300 e. The number of aromatic nitrogens is 2. The molecule has 0 aliphatic carbocycles. The number of carbonyl (C=O) groups is 1. The first-order valence-electron chi connectivity index (χ1n) is 2.36. The zero-order valence-electron chi connectivity index (χ0n) is 5.37. The Morgan fingerprint density at radius 1 is 1.70 bits per heavy atom. The molecule has 2 N–H and O–H groups in total. The Morgan fingerprint density at radius 2 is 2.20 bits per heavy atom. The van der Waals surface area contributed by atoms with Crippen molar-refractivity contribution < 1.29 is 29.4 Å². The van der Waals surface area contributed by atoms with E-state index in [4.69, 9.17) is 9.90 Å². The summed E-state index contributed by atoms with van der Waals surface area (Å²) in [4.78, 5) is 9.00. The molecular weight excluding hydrogens is 223 g/mol. The fourth-order valence-corrected chi connectivity index (χ4v) is 0.215. The predicted molar refractivity (Wildman–Crippen MR) is 31.9 cm³/mol. The fourth-order valence-electron chi connectivity index (χ4n) is 0.215.